The highest BCUT2D eigenvalue weighted by Crippen LogP contribution is 2.18. The summed E-state index contributed by atoms with van der Waals surface area (Å²) in [5, 5.41) is 0.467. The molecule has 150 valence electrons. The third-order valence-corrected chi connectivity index (χ3v) is 5.14. The molecule has 0 spiro atoms. The molecule has 0 aliphatic carbocycles. The molecular formula is C21H23N5O3. The van der Waals surface area contributed by atoms with Gasteiger partial charge in [-0.25, -0.2) is 15.0 Å². The smallest absolute Gasteiger partial charge is 0.259 e. The van der Waals surface area contributed by atoms with Gasteiger partial charge in [0.15, 0.2) is 0 Å². The molecule has 8 nitrogen and oxygen atoms in total. The Morgan fingerprint density at radius 2 is 2.17 bits per heavy atom. The Hall–Kier alpha value is -3.29. The first-order chi connectivity index (χ1) is 14.1. The van der Waals surface area contributed by atoms with Crippen LogP contribution in [0.4, 0.5) is 0 Å². The summed E-state index contributed by atoms with van der Waals surface area (Å²) < 4.78 is 7.75. The number of fused-ring (bicyclic) bond motifs is 1. The normalized spacial score (nSPS) is 16.8. The number of ether oxygens (including phenoxy) is 1. The Kier molecular flexibility index (Phi) is 5.24. The summed E-state index contributed by atoms with van der Waals surface area (Å²) in [7, 11) is 0. The molecule has 0 saturated carbocycles. The van der Waals surface area contributed by atoms with Crippen LogP contribution in [0.2, 0.25) is 0 Å². The second kappa shape index (κ2) is 7.98. The van der Waals surface area contributed by atoms with Gasteiger partial charge in [0, 0.05) is 37.2 Å². The van der Waals surface area contributed by atoms with Crippen molar-refractivity contribution >= 4 is 16.9 Å². The van der Waals surface area contributed by atoms with Gasteiger partial charge in [-0.05, 0) is 38.8 Å². The summed E-state index contributed by atoms with van der Waals surface area (Å²) in [4.78, 5) is 40.4. The Morgan fingerprint density at radius 1 is 1.31 bits per heavy atom. The topological polar surface area (TPSA) is 90.2 Å². The van der Waals surface area contributed by atoms with Crippen LogP contribution in [0, 0.1) is 6.92 Å². The number of hydrogen-bond acceptors (Lipinski definition) is 6. The van der Waals surface area contributed by atoms with Crippen LogP contribution in [-0.2, 0) is 6.54 Å². The SMILES string of the molecule is CCn1cc(C(=O)N2CCCC(Oc3ccncn3)C2)c(=O)c2ccc(C)nc21. The zero-order valence-corrected chi connectivity index (χ0v) is 16.5. The Morgan fingerprint density at radius 3 is 2.93 bits per heavy atom. The minimum atomic E-state index is -0.277. The van der Waals surface area contributed by atoms with E-state index in [4.69, 9.17) is 4.74 Å². The first-order valence-corrected chi connectivity index (χ1v) is 9.79. The quantitative estimate of drug-likeness (QED) is 0.675. The molecule has 1 unspecified atom stereocenters. The molecule has 1 saturated heterocycles. The van der Waals surface area contributed by atoms with Crippen LogP contribution in [0.5, 0.6) is 5.88 Å². The molecule has 3 aromatic heterocycles. The lowest BCUT2D eigenvalue weighted by atomic mass is 10.1. The van der Waals surface area contributed by atoms with Crippen molar-refractivity contribution in [2.24, 2.45) is 0 Å². The van der Waals surface area contributed by atoms with Crippen LogP contribution in [0.25, 0.3) is 11.0 Å². The van der Waals surface area contributed by atoms with E-state index in [2.05, 4.69) is 15.0 Å². The van der Waals surface area contributed by atoms with E-state index in [-0.39, 0.29) is 23.0 Å². The Bertz CT molecular complexity index is 1100. The maximum atomic E-state index is 13.2. The second-order valence-corrected chi connectivity index (χ2v) is 7.16. The third-order valence-electron chi connectivity index (χ3n) is 5.14. The zero-order valence-electron chi connectivity index (χ0n) is 16.5. The summed E-state index contributed by atoms with van der Waals surface area (Å²) >= 11 is 0. The average molecular weight is 393 g/mol. The van der Waals surface area contributed by atoms with Crippen molar-refractivity contribution in [3.05, 3.63) is 58.4 Å². The van der Waals surface area contributed by atoms with Gasteiger partial charge in [-0.3, -0.25) is 9.59 Å². The summed E-state index contributed by atoms with van der Waals surface area (Å²) in [5.41, 5.74) is 1.34. The van der Waals surface area contributed by atoms with Crippen LogP contribution >= 0.6 is 0 Å². The molecule has 0 bridgehead atoms. The molecule has 0 radical (unpaired) electrons. The zero-order chi connectivity index (χ0) is 20.4. The lowest BCUT2D eigenvalue weighted by Gasteiger charge is -2.32. The van der Waals surface area contributed by atoms with E-state index >= 15 is 0 Å². The minimum absolute atomic E-state index is 0.166. The van der Waals surface area contributed by atoms with Gasteiger partial charge in [0.1, 0.15) is 23.6 Å². The Labute approximate surface area is 168 Å². The molecule has 1 aliphatic rings. The number of carbonyl (C=O) groups excluding carboxylic acids is 1. The maximum Gasteiger partial charge on any atom is 0.259 e. The molecule has 1 aliphatic heterocycles. The summed E-state index contributed by atoms with van der Waals surface area (Å²) in [5.74, 6) is 0.218. The number of piperidine rings is 1. The average Bonchev–Trinajstić information content (AvgIpc) is 2.74. The summed E-state index contributed by atoms with van der Waals surface area (Å²) in [6.45, 7) is 5.48. The van der Waals surface area contributed by atoms with E-state index in [0.717, 1.165) is 18.5 Å². The fourth-order valence-electron chi connectivity index (χ4n) is 3.66. The van der Waals surface area contributed by atoms with Gasteiger partial charge in [-0.2, -0.15) is 0 Å². The monoisotopic (exact) mass is 393 g/mol. The van der Waals surface area contributed by atoms with Crippen molar-refractivity contribution in [1.29, 1.82) is 0 Å². The van der Waals surface area contributed by atoms with Crippen LogP contribution in [-0.4, -0.2) is 49.5 Å². The number of carbonyl (C=O) groups is 1. The van der Waals surface area contributed by atoms with E-state index in [9.17, 15) is 9.59 Å². The molecule has 4 rings (SSSR count). The van der Waals surface area contributed by atoms with E-state index in [1.165, 1.54) is 6.33 Å². The van der Waals surface area contributed by atoms with Crippen molar-refractivity contribution in [2.45, 2.75) is 39.3 Å². The van der Waals surface area contributed by atoms with Gasteiger partial charge in [0.2, 0.25) is 11.3 Å². The molecule has 3 aromatic rings. The van der Waals surface area contributed by atoms with Crippen molar-refractivity contribution in [3.8, 4) is 5.88 Å². The van der Waals surface area contributed by atoms with Gasteiger partial charge in [0.05, 0.1) is 11.9 Å². The van der Waals surface area contributed by atoms with Gasteiger partial charge in [-0.1, -0.05) is 0 Å². The van der Waals surface area contributed by atoms with Crippen molar-refractivity contribution in [1.82, 2.24) is 24.4 Å². The standard InChI is InChI=1S/C21H23N5O3/c1-3-25-12-17(19(27)16-7-6-14(2)24-20(16)25)21(28)26-10-4-5-15(11-26)29-18-8-9-22-13-23-18/h6-9,12-13,15H,3-5,10-11H2,1-2H3. The molecule has 0 aromatic carbocycles. The number of amides is 1. The minimum Gasteiger partial charge on any atom is -0.472 e. The molecule has 29 heavy (non-hydrogen) atoms. The number of hydrogen-bond donors (Lipinski definition) is 0. The van der Waals surface area contributed by atoms with Gasteiger partial charge >= 0.3 is 0 Å². The van der Waals surface area contributed by atoms with E-state index < -0.39 is 0 Å². The van der Waals surface area contributed by atoms with Gasteiger partial charge < -0.3 is 14.2 Å². The van der Waals surface area contributed by atoms with Crippen LogP contribution in [0.3, 0.4) is 0 Å². The molecule has 4 heterocycles. The number of rotatable bonds is 4. The molecule has 1 fully saturated rings. The molecular weight excluding hydrogens is 370 g/mol. The van der Waals surface area contributed by atoms with E-state index in [1.807, 2.05) is 18.4 Å². The van der Waals surface area contributed by atoms with E-state index in [1.54, 1.807) is 35.5 Å². The number of pyridine rings is 2. The van der Waals surface area contributed by atoms with Crippen molar-refractivity contribution in [3.63, 3.8) is 0 Å². The predicted octanol–water partition coefficient (Wildman–Crippen LogP) is 2.20. The number of aromatic nitrogens is 4. The molecule has 8 heteroatoms. The Balaban J connectivity index is 1.62. The highest BCUT2D eigenvalue weighted by atomic mass is 16.5. The predicted molar refractivity (Wildman–Crippen MR) is 108 cm³/mol. The molecule has 1 amide bonds. The summed E-state index contributed by atoms with van der Waals surface area (Å²) in [6.07, 6.45) is 6.14. The second-order valence-electron chi connectivity index (χ2n) is 7.16. The summed E-state index contributed by atoms with van der Waals surface area (Å²) in [6, 6.07) is 5.24. The molecule has 1 atom stereocenters. The number of nitrogens with zero attached hydrogens (tertiary/aromatic N) is 5. The first-order valence-electron chi connectivity index (χ1n) is 9.79. The van der Waals surface area contributed by atoms with Gasteiger partial charge in [-0.15, -0.1) is 0 Å². The number of likely N-dealkylation sites (tertiary alicyclic amines) is 1. The maximum absolute atomic E-state index is 13.2. The highest BCUT2D eigenvalue weighted by Gasteiger charge is 2.28. The third kappa shape index (κ3) is 3.83. The van der Waals surface area contributed by atoms with Crippen LogP contribution < -0.4 is 10.2 Å². The highest BCUT2D eigenvalue weighted by molar-refractivity contribution is 5.97. The first kappa shape index (κ1) is 19.0. The van der Waals surface area contributed by atoms with Crippen molar-refractivity contribution < 1.29 is 9.53 Å². The number of aryl methyl sites for hydroxylation is 2. The van der Waals surface area contributed by atoms with Crippen LogP contribution in [0.1, 0.15) is 35.8 Å². The molecule has 0 N–H and O–H groups in total. The largest absolute Gasteiger partial charge is 0.472 e. The van der Waals surface area contributed by atoms with E-state index in [0.29, 0.717) is 36.5 Å². The fourth-order valence-corrected chi connectivity index (χ4v) is 3.66. The lowest BCUT2D eigenvalue weighted by molar-refractivity contribution is 0.0525. The lowest BCUT2D eigenvalue weighted by Crippen LogP contribution is -2.45. The van der Waals surface area contributed by atoms with Gasteiger partial charge in [0.25, 0.3) is 5.91 Å². The van der Waals surface area contributed by atoms with Crippen molar-refractivity contribution in [2.75, 3.05) is 13.1 Å². The fraction of sp³-hybridized carbons (Fsp3) is 0.381. The van der Waals surface area contributed by atoms with Crippen LogP contribution in [0.15, 0.2) is 41.7 Å².